The molecule has 1 aromatic heterocycles. The molecule has 0 bridgehead atoms. The highest BCUT2D eigenvalue weighted by Gasteiger charge is 2.42. The first kappa shape index (κ1) is 20.9. The van der Waals surface area contributed by atoms with Crippen LogP contribution in [-0.4, -0.2) is 57.0 Å². The van der Waals surface area contributed by atoms with Crippen molar-refractivity contribution >= 4 is 11.8 Å². The number of nitrogens with zero attached hydrogens (tertiary/aromatic N) is 4. The normalized spacial score (nSPS) is 22.5. The van der Waals surface area contributed by atoms with Gasteiger partial charge in [-0.25, -0.2) is 9.07 Å². The second kappa shape index (κ2) is 8.50. The number of hydrogen-bond acceptors (Lipinski definition) is 6. The molecule has 2 aromatic rings. The molecule has 2 fully saturated rings. The number of halogens is 1. The number of rotatable bonds is 6. The fraction of sp³-hybridized carbons (Fsp3) is 0.545. The first-order valence-electron chi connectivity index (χ1n) is 11.0. The standard InChI is InChI=1S/C22H26FN5O4/c23-16-4-6-17(7-5-16)31-12-20(29)27-9-1-8-22(13-27)14-28-19(11-32-22)18(25-26-28)10-24-21(30)15-2-3-15/h4-7,15H,1-3,8-14H2,(H,24,30). The summed E-state index contributed by atoms with van der Waals surface area (Å²) >= 11 is 0. The van der Waals surface area contributed by atoms with Crippen LogP contribution < -0.4 is 10.1 Å². The molecule has 3 aliphatic rings. The van der Waals surface area contributed by atoms with Crippen LogP contribution in [0.3, 0.4) is 0 Å². The van der Waals surface area contributed by atoms with Gasteiger partial charge in [0.2, 0.25) is 5.91 Å². The van der Waals surface area contributed by atoms with Crippen LogP contribution in [0.4, 0.5) is 4.39 Å². The van der Waals surface area contributed by atoms with Crippen LogP contribution in [0.1, 0.15) is 37.1 Å². The second-order valence-corrected chi connectivity index (χ2v) is 8.77. The quantitative estimate of drug-likeness (QED) is 0.725. The highest BCUT2D eigenvalue weighted by atomic mass is 19.1. The molecule has 1 N–H and O–H groups in total. The van der Waals surface area contributed by atoms with Gasteiger partial charge in [-0.3, -0.25) is 9.59 Å². The van der Waals surface area contributed by atoms with Gasteiger partial charge in [-0.05, 0) is 49.9 Å². The molecule has 1 aliphatic carbocycles. The first-order valence-corrected chi connectivity index (χ1v) is 11.0. The Hall–Kier alpha value is -3.01. The Bertz CT molecular complexity index is 1010. The molecule has 170 valence electrons. The summed E-state index contributed by atoms with van der Waals surface area (Å²) in [6.45, 7) is 2.18. The molecule has 1 saturated heterocycles. The average molecular weight is 443 g/mol. The van der Waals surface area contributed by atoms with Gasteiger partial charge in [0.15, 0.2) is 6.61 Å². The van der Waals surface area contributed by atoms with Gasteiger partial charge in [-0.15, -0.1) is 5.10 Å². The van der Waals surface area contributed by atoms with Crippen LogP contribution in [0, 0.1) is 11.7 Å². The van der Waals surface area contributed by atoms with Crippen molar-refractivity contribution in [3.05, 3.63) is 41.5 Å². The van der Waals surface area contributed by atoms with E-state index in [4.69, 9.17) is 9.47 Å². The summed E-state index contributed by atoms with van der Waals surface area (Å²) < 4.78 is 26.6. The molecule has 1 spiro atoms. The zero-order valence-corrected chi connectivity index (χ0v) is 17.8. The molecular weight excluding hydrogens is 417 g/mol. The topological polar surface area (TPSA) is 98.6 Å². The molecule has 2 amide bonds. The van der Waals surface area contributed by atoms with Crippen molar-refractivity contribution in [2.45, 2.75) is 51.0 Å². The van der Waals surface area contributed by atoms with Crippen molar-refractivity contribution in [1.82, 2.24) is 25.2 Å². The largest absolute Gasteiger partial charge is 0.484 e. The fourth-order valence-electron chi connectivity index (χ4n) is 4.32. The van der Waals surface area contributed by atoms with Gasteiger partial charge in [-0.1, -0.05) is 5.21 Å². The van der Waals surface area contributed by atoms with Gasteiger partial charge >= 0.3 is 0 Å². The van der Waals surface area contributed by atoms with E-state index in [9.17, 15) is 14.0 Å². The molecule has 5 rings (SSSR count). The number of likely N-dealkylation sites (tertiary alicyclic amines) is 1. The van der Waals surface area contributed by atoms with Gasteiger partial charge in [0, 0.05) is 12.5 Å². The molecule has 32 heavy (non-hydrogen) atoms. The monoisotopic (exact) mass is 443 g/mol. The maximum absolute atomic E-state index is 13.0. The molecule has 1 saturated carbocycles. The third kappa shape index (κ3) is 4.45. The summed E-state index contributed by atoms with van der Waals surface area (Å²) in [7, 11) is 0. The van der Waals surface area contributed by atoms with E-state index in [1.54, 1.807) is 4.90 Å². The molecule has 3 heterocycles. The lowest BCUT2D eigenvalue weighted by Crippen LogP contribution is -2.56. The number of ether oxygens (including phenoxy) is 2. The second-order valence-electron chi connectivity index (χ2n) is 8.77. The van der Waals surface area contributed by atoms with Gasteiger partial charge in [0.1, 0.15) is 22.9 Å². The van der Waals surface area contributed by atoms with Crippen LogP contribution in [-0.2, 0) is 34.0 Å². The summed E-state index contributed by atoms with van der Waals surface area (Å²) in [4.78, 5) is 26.4. The maximum atomic E-state index is 13.0. The van der Waals surface area contributed by atoms with E-state index < -0.39 is 5.60 Å². The van der Waals surface area contributed by atoms with Gasteiger partial charge in [0.25, 0.3) is 5.91 Å². The Morgan fingerprint density at radius 3 is 2.84 bits per heavy atom. The number of benzene rings is 1. The summed E-state index contributed by atoms with van der Waals surface area (Å²) in [5, 5.41) is 11.4. The van der Waals surface area contributed by atoms with Gasteiger partial charge < -0.3 is 19.7 Å². The highest BCUT2D eigenvalue weighted by Crippen LogP contribution is 2.33. The van der Waals surface area contributed by atoms with E-state index >= 15 is 0 Å². The molecule has 2 aliphatic heterocycles. The Labute approximate surface area is 184 Å². The Balaban J connectivity index is 1.18. The minimum Gasteiger partial charge on any atom is -0.484 e. The summed E-state index contributed by atoms with van der Waals surface area (Å²) in [6, 6.07) is 5.60. The van der Waals surface area contributed by atoms with Crippen LogP contribution >= 0.6 is 0 Å². The SMILES string of the molecule is O=C(NCc1nnn2c1COC1(CCCN(C(=O)COc3ccc(F)cc3)C1)C2)C1CC1. The molecule has 1 atom stereocenters. The van der Waals surface area contributed by atoms with E-state index in [0.717, 1.165) is 37.1 Å². The van der Waals surface area contributed by atoms with Crippen molar-refractivity contribution in [2.24, 2.45) is 5.92 Å². The van der Waals surface area contributed by atoms with E-state index in [0.29, 0.717) is 38.5 Å². The van der Waals surface area contributed by atoms with E-state index in [1.165, 1.54) is 24.3 Å². The average Bonchev–Trinajstić information content (AvgIpc) is 3.58. The number of aromatic nitrogens is 3. The lowest BCUT2D eigenvalue weighted by atomic mass is 9.91. The molecule has 1 unspecified atom stereocenters. The van der Waals surface area contributed by atoms with Crippen LogP contribution in [0.5, 0.6) is 5.75 Å². The zero-order valence-electron chi connectivity index (χ0n) is 17.8. The van der Waals surface area contributed by atoms with Crippen molar-refractivity contribution in [1.29, 1.82) is 0 Å². The molecule has 10 heteroatoms. The van der Waals surface area contributed by atoms with Gasteiger partial charge in [-0.2, -0.15) is 0 Å². The van der Waals surface area contributed by atoms with E-state index in [-0.39, 0.29) is 30.2 Å². The van der Waals surface area contributed by atoms with Gasteiger partial charge in [0.05, 0.1) is 31.9 Å². The third-order valence-electron chi connectivity index (χ3n) is 6.32. The van der Waals surface area contributed by atoms with E-state index in [2.05, 4.69) is 15.6 Å². The van der Waals surface area contributed by atoms with Crippen LogP contribution in [0.15, 0.2) is 24.3 Å². The Morgan fingerprint density at radius 1 is 1.25 bits per heavy atom. The molecule has 1 aromatic carbocycles. The number of amides is 2. The van der Waals surface area contributed by atoms with Crippen molar-refractivity contribution in [3.63, 3.8) is 0 Å². The van der Waals surface area contributed by atoms with Crippen LogP contribution in [0.2, 0.25) is 0 Å². The Kier molecular flexibility index (Phi) is 5.54. The summed E-state index contributed by atoms with van der Waals surface area (Å²) in [5.74, 6) is 0.193. The van der Waals surface area contributed by atoms with Crippen LogP contribution in [0.25, 0.3) is 0 Å². The smallest absolute Gasteiger partial charge is 0.260 e. The molecular formula is C22H26FN5O4. The van der Waals surface area contributed by atoms with E-state index in [1.807, 2.05) is 4.68 Å². The zero-order chi connectivity index (χ0) is 22.1. The first-order chi connectivity index (χ1) is 15.5. The number of piperidine rings is 1. The number of nitrogens with one attached hydrogen (secondary N) is 1. The maximum Gasteiger partial charge on any atom is 0.260 e. The third-order valence-corrected chi connectivity index (χ3v) is 6.32. The minimum atomic E-state index is -0.515. The minimum absolute atomic E-state index is 0.0734. The lowest BCUT2D eigenvalue weighted by Gasteiger charge is -2.44. The van der Waals surface area contributed by atoms with Crippen molar-refractivity contribution < 1.29 is 23.5 Å². The van der Waals surface area contributed by atoms with Crippen molar-refractivity contribution in [2.75, 3.05) is 19.7 Å². The molecule has 9 nitrogen and oxygen atoms in total. The fourth-order valence-corrected chi connectivity index (χ4v) is 4.32. The van der Waals surface area contributed by atoms with Crippen molar-refractivity contribution in [3.8, 4) is 5.75 Å². The lowest BCUT2D eigenvalue weighted by molar-refractivity contribution is -0.154. The predicted octanol–water partition coefficient (Wildman–Crippen LogP) is 1.41. The molecule has 0 radical (unpaired) electrons. The Morgan fingerprint density at radius 2 is 2.06 bits per heavy atom. The highest BCUT2D eigenvalue weighted by molar-refractivity contribution is 5.80. The summed E-state index contributed by atoms with van der Waals surface area (Å²) in [5.41, 5.74) is 1.08. The summed E-state index contributed by atoms with van der Waals surface area (Å²) in [6.07, 6.45) is 3.56. The number of carbonyl (C=O) groups excluding carboxylic acids is 2. The number of carbonyl (C=O) groups is 2. The number of hydrogen-bond donors (Lipinski definition) is 1. The number of fused-ring (bicyclic) bond motifs is 1. The predicted molar refractivity (Wildman–Crippen MR) is 110 cm³/mol.